The Kier molecular flexibility index (Phi) is 4.56. The van der Waals surface area contributed by atoms with Crippen molar-refractivity contribution in [2.45, 2.75) is 6.92 Å². The highest BCUT2D eigenvalue weighted by Gasteiger charge is 2.27. The lowest BCUT2D eigenvalue weighted by Gasteiger charge is -2.08. The van der Waals surface area contributed by atoms with E-state index in [0.29, 0.717) is 10.6 Å². The third-order valence-corrected chi connectivity index (χ3v) is 3.23. The van der Waals surface area contributed by atoms with Gasteiger partial charge in [-0.15, -0.1) is 0 Å². The molecule has 118 valence electrons. The highest BCUT2D eigenvalue weighted by molar-refractivity contribution is 6.30. The SMILES string of the molecule is Cc1cc([N+](=O)[O-])c(NC(=O)c2ccc(Cl)cc2)c([N+](=O)[O-])c1. The van der Waals surface area contributed by atoms with Gasteiger partial charge in [-0.05, 0) is 36.8 Å². The third kappa shape index (κ3) is 3.61. The number of nitrogens with one attached hydrogen (secondary N) is 1. The maximum atomic E-state index is 12.2. The summed E-state index contributed by atoms with van der Waals surface area (Å²) >= 11 is 5.72. The normalized spacial score (nSPS) is 10.2. The molecule has 1 amide bonds. The Morgan fingerprint density at radius 1 is 1.04 bits per heavy atom. The van der Waals surface area contributed by atoms with Crippen LogP contribution in [-0.4, -0.2) is 15.8 Å². The van der Waals surface area contributed by atoms with Crippen molar-refractivity contribution in [3.8, 4) is 0 Å². The van der Waals surface area contributed by atoms with E-state index < -0.39 is 32.8 Å². The zero-order chi connectivity index (χ0) is 17.1. The molecule has 2 rings (SSSR count). The molecule has 0 aliphatic heterocycles. The van der Waals surface area contributed by atoms with Crippen LogP contribution in [0.4, 0.5) is 17.1 Å². The number of carbonyl (C=O) groups excluding carboxylic acids is 1. The molecule has 0 atom stereocenters. The fraction of sp³-hybridized carbons (Fsp3) is 0.0714. The van der Waals surface area contributed by atoms with Crippen molar-refractivity contribution in [1.82, 2.24) is 0 Å². The molecule has 0 bridgehead atoms. The number of nitro benzene ring substituents is 2. The van der Waals surface area contributed by atoms with Gasteiger partial charge in [0, 0.05) is 22.7 Å². The molecule has 0 unspecified atom stereocenters. The van der Waals surface area contributed by atoms with Crippen molar-refractivity contribution in [3.05, 3.63) is 72.8 Å². The largest absolute Gasteiger partial charge is 0.311 e. The third-order valence-electron chi connectivity index (χ3n) is 2.98. The van der Waals surface area contributed by atoms with Gasteiger partial charge in [0.15, 0.2) is 5.69 Å². The lowest BCUT2D eigenvalue weighted by atomic mass is 10.1. The van der Waals surface area contributed by atoms with E-state index in [-0.39, 0.29) is 5.56 Å². The van der Waals surface area contributed by atoms with Gasteiger partial charge in [0.2, 0.25) is 0 Å². The molecule has 0 spiro atoms. The van der Waals surface area contributed by atoms with Crippen LogP contribution in [0, 0.1) is 27.2 Å². The number of rotatable bonds is 4. The van der Waals surface area contributed by atoms with Gasteiger partial charge in [-0.25, -0.2) is 0 Å². The highest BCUT2D eigenvalue weighted by atomic mass is 35.5. The number of anilines is 1. The topological polar surface area (TPSA) is 115 Å². The summed E-state index contributed by atoms with van der Waals surface area (Å²) in [7, 11) is 0. The van der Waals surface area contributed by atoms with Crippen LogP contribution in [0.2, 0.25) is 5.02 Å². The Morgan fingerprint density at radius 2 is 1.52 bits per heavy atom. The summed E-state index contributed by atoms with van der Waals surface area (Å²) in [5.41, 5.74) is -1.03. The quantitative estimate of drug-likeness (QED) is 0.675. The molecule has 8 nitrogen and oxygen atoms in total. The van der Waals surface area contributed by atoms with E-state index in [1.165, 1.54) is 31.2 Å². The predicted octanol–water partition coefficient (Wildman–Crippen LogP) is 3.72. The van der Waals surface area contributed by atoms with E-state index in [0.717, 1.165) is 12.1 Å². The van der Waals surface area contributed by atoms with Gasteiger partial charge in [-0.1, -0.05) is 11.6 Å². The lowest BCUT2D eigenvalue weighted by Crippen LogP contribution is -2.14. The van der Waals surface area contributed by atoms with Crippen molar-refractivity contribution in [2.75, 3.05) is 5.32 Å². The zero-order valence-electron chi connectivity index (χ0n) is 11.8. The summed E-state index contributed by atoms with van der Waals surface area (Å²) in [6, 6.07) is 8.06. The summed E-state index contributed by atoms with van der Waals surface area (Å²) in [6.07, 6.45) is 0. The number of nitro groups is 2. The van der Waals surface area contributed by atoms with Crippen molar-refractivity contribution in [1.29, 1.82) is 0 Å². The molecular formula is C14H10ClN3O5. The lowest BCUT2D eigenvalue weighted by molar-refractivity contribution is -0.392. The monoisotopic (exact) mass is 335 g/mol. The summed E-state index contributed by atoms with van der Waals surface area (Å²) in [5.74, 6) is -0.711. The first kappa shape index (κ1) is 16.4. The van der Waals surface area contributed by atoms with Gasteiger partial charge in [-0.2, -0.15) is 0 Å². The van der Waals surface area contributed by atoms with E-state index in [2.05, 4.69) is 5.32 Å². The molecule has 23 heavy (non-hydrogen) atoms. The van der Waals surface area contributed by atoms with E-state index in [1.807, 2.05) is 0 Å². The summed E-state index contributed by atoms with van der Waals surface area (Å²) in [5, 5.41) is 24.9. The minimum Gasteiger partial charge on any atom is -0.311 e. The molecule has 0 aromatic heterocycles. The summed E-state index contributed by atoms with van der Waals surface area (Å²) < 4.78 is 0. The van der Waals surface area contributed by atoms with E-state index in [4.69, 9.17) is 11.6 Å². The number of nitrogens with zero attached hydrogens (tertiary/aromatic N) is 2. The fourth-order valence-electron chi connectivity index (χ4n) is 1.95. The Morgan fingerprint density at radius 3 is 1.96 bits per heavy atom. The van der Waals surface area contributed by atoms with Gasteiger partial charge in [0.25, 0.3) is 17.3 Å². The van der Waals surface area contributed by atoms with Crippen LogP contribution in [0.3, 0.4) is 0 Å². The maximum Gasteiger partial charge on any atom is 0.300 e. The number of hydrogen-bond acceptors (Lipinski definition) is 5. The van der Waals surface area contributed by atoms with Gasteiger partial charge in [-0.3, -0.25) is 25.0 Å². The Hall–Kier alpha value is -3.00. The van der Waals surface area contributed by atoms with Crippen LogP contribution in [0.15, 0.2) is 36.4 Å². The van der Waals surface area contributed by atoms with Gasteiger partial charge in [0.1, 0.15) is 0 Å². The first-order valence-electron chi connectivity index (χ1n) is 6.30. The minimum absolute atomic E-state index is 0.165. The second kappa shape index (κ2) is 6.41. The Labute approximate surface area is 135 Å². The molecule has 0 aliphatic carbocycles. The predicted molar refractivity (Wildman–Crippen MR) is 83.9 cm³/mol. The molecule has 0 aliphatic rings. The van der Waals surface area contributed by atoms with Crippen LogP contribution in [0.1, 0.15) is 15.9 Å². The number of carbonyl (C=O) groups is 1. The number of amides is 1. The van der Waals surface area contributed by atoms with Crippen molar-refractivity contribution in [2.24, 2.45) is 0 Å². The Balaban J connectivity index is 2.49. The molecule has 0 radical (unpaired) electrons. The van der Waals surface area contributed by atoms with Crippen LogP contribution in [0.25, 0.3) is 0 Å². The molecule has 2 aromatic rings. The summed E-state index contributed by atoms with van der Waals surface area (Å²) in [4.78, 5) is 32.9. The Bertz CT molecular complexity index is 770. The van der Waals surface area contributed by atoms with Gasteiger partial charge < -0.3 is 5.32 Å². The van der Waals surface area contributed by atoms with Gasteiger partial charge >= 0.3 is 0 Å². The summed E-state index contributed by atoms with van der Waals surface area (Å²) in [6.45, 7) is 1.49. The van der Waals surface area contributed by atoms with Crippen LogP contribution >= 0.6 is 11.6 Å². The average molecular weight is 336 g/mol. The van der Waals surface area contributed by atoms with Crippen LogP contribution in [0.5, 0.6) is 0 Å². The maximum absolute atomic E-state index is 12.2. The van der Waals surface area contributed by atoms with Crippen molar-refractivity contribution < 1.29 is 14.6 Å². The molecule has 9 heteroatoms. The van der Waals surface area contributed by atoms with Crippen LogP contribution in [-0.2, 0) is 0 Å². The number of hydrogen-bond donors (Lipinski definition) is 1. The number of halogens is 1. The minimum atomic E-state index is -0.780. The smallest absolute Gasteiger partial charge is 0.300 e. The van der Waals surface area contributed by atoms with E-state index in [1.54, 1.807) is 0 Å². The second-order valence-corrected chi connectivity index (χ2v) is 5.09. The number of benzene rings is 2. The van der Waals surface area contributed by atoms with Crippen molar-refractivity contribution in [3.63, 3.8) is 0 Å². The molecule has 1 N–H and O–H groups in total. The highest BCUT2D eigenvalue weighted by Crippen LogP contribution is 2.35. The second-order valence-electron chi connectivity index (χ2n) is 4.65. The molecule has 0 fully saturated rings. The molecule has 0 saturated carbocycles. The zero-order valence-corrected chi connectivity index (χ0v) is 12.5. The molecular weight excluding hydrogens is 326 g/mol. The average Bonchev–Trinajstić information content (AvgIpc) is 2.48. The van der Waals surface area contributed by atoms with Crippen LogP contribution < -0.4 is 5.32 Å². The fourth-order valence-corrected chi connectivity index (χ4v) is 2.08. The van der Waals surface area contributed by atoms with E-state index >= 15 is 0 Å². The number of aryl methyl sites for hydroxylation is 1. The first-order chi connectivity index (χ1) is 10.8. The van der Waals surface area contributed by atoms with Crippen molar-refractivity contribution >= 4 is 34.6 Å². The molecule has 2 aromatic carbocycles. The van der Waals surface area contributed by atoms with E-state index in [9.17, 15) is 25.0 Å². The molecule has 0 saturated heterocycles. The first-order valence-corrected chi connectivity index (χ1v) is 6.67. The standard InChI is InChI=1S/C14H10ClN3O5/c1-8-6-11(17(20)21)13(12(7-8)18(22)23)16-14(19)9-2-4-10(15)5-3-9/h2-7H,1H3,(H,16,19). The van der Waals surface area contributed by atoms with Gasteiger partial charge in [0.05, 0.1) is 9.85 Å². The molecule has 0 heterocycles.